The van der Waals surface area contributed by atoms with Crippen LogP contribution in [0.1, 0.15) is 31.2 Å². The maximum Gasteiger partial charge on any atom is 0.227 e. The number of nitrogens with zero attached hydrogens (tertiary/aromatic N) is 2. The number of hydrogen-bond donors (Lipinski definition) is 1. The van der Waals surface area contributed by atoms with Crippen LogP contribution in [0.5, 0.6) is 5.75 Å². The molecule has 0 saturated carbocycles. The Morgan fingerprint density at radius 2 is 1.86 bits per heavy atom. The second kappa shape index (κ2) is 9.69. The van der Waals surface area contributed by atoms with Crippen LogP contribution in [0, 0.1) is 0 Å². The van der Waals surface area contributed by atoms with Crippen molar-refractivity contribution in [3.8, 4) is 17.1 Å². The number of aryl methyl sites for hydroxylation is 2. The summed E-state index contributed by atoms with van der Waals surface area (Å²) < 4.78 is 10.4. The molecule has 0 spiro atoms. The van der Waals surface area contributed by atoms with E-state index in [1.165, 1.54) is 5.56 Å². The van der Waals surface area contributed by atoms with Crippen LogP contribution in [-0.4, -0.2) is 29.2 Å². The van der Waals surface area contributed by atoms with Gasteiger partial charge in [0.15, 0.2) is 0 Å². The number of carbonyl (C=O) groups excluding carboxylic acids is 1. The molecule has 0 unspecified atom stereocenters. The third-order valence-corrected chi connectivity index (χ3v) is 4.50. The first kappa shape index (κ1) is 19.6. The van der Waals surface area contributed by atoms with Crippen molar-refractivity contribution < 1.29 is 14.1 Å². The molecule has 6 nitrogen and oxygen atoms in total. The summed E-state index contributed by atoms with van der Waals surface area (Å²) in [5.41, 5.74) is 2.12. The highest BCUT2D eigenvalue weighted by molar-refractivity contribution is 5.76. The molecule has 3 rings (SSSR count). The lowest BCUT2D eigenvalue weighted by atomic mass is 10.1. The van der Waals surface area contributed by atoms with Gasteiger partial charge < -0.3 is 14.6 Å². The van der Waals surface area contributed by atoms with Crippen molar-refractivity contribution in [1.29, 1.82) is 0 Å². The van der Waals surface area contributed by atoms with Gasteiger partial charge >= 0.3 is 0 Å². The van der Waals surface area contributed by atoms with Crippen molar-refractivity contribution in [2.75, 3.05) is 7.11 Å². The van der Waals surface area contributed by atoms with E-state index in [4.69, 9.17) is 9.26 Å². The zero-order chi connectivity index (χ0) is 19.8. The Morgan fingerprint density at radius 1 is 1.11 bits per heavy atom. The first-order valence-electron chi connectivity index (χ1n) is 9.44. The van der Waals surface area contributed by atoms with E-state index >= 15 is 0 Å². The molecule has 0 fully saturated rings. The molecule has 0 radical (unpaired) electrons. The molecule has 1 atom stereocenters. The molecule has 1 aromatic heterocycles. The topological polar surface area (TPSA) is 77.2 Å². The van der Waals surface area contributed by atoms with E-state index in [0.29, 0.717) is 24.6 Å². The summed E-state index contributed by atoms with van der Waals surface area (Å²) in [6.07, 6.45) is 2.58. The molecule has 6 heteroatoms. The molecule has 2 aromatic carbocycles. The van der Waals surface area contributed by atoms with Gasteiger partial charge in [0.25, 0.3) is 0 Å². The predicted molar refractivity (Wildman–Crippen MR) is 107 cm³/mol. The second-order valence-electron chi connectivity index (χ2n) is 6.73. The lowest BCUT2D eigenvalue weighted by molar-refractivity contribution is -0.121. The molecule has 3 aromatic rings. The third kappa shape index (κ3) is 5.67. The van der Waals surface area contributed by atoms with Gasteiger partial charge in [-0.3, -0.25) is 4.79 Å². The fraction of sp³-hybridized carbons (Fsp3) is 0.318. The quantitative estimate of drug-likeness (QED) is 0.612. The molecule has 0 aliphatic heterocycles. The van der Waals surface area contributed by atoms with Crippen LogP contribution in [-0.2, 0) is 17.6 Å². The maximum absolute atomic E-state index is 12.2. The summed E-state index contributed by atoms with van der Waals surface area (Å²) in [7, 11) is 1.62. The standard InChI is InChI=1S/C22H25N3O3/c1-16(8-9-17-6-4-3-5-7-17)23-20(26)14-15-21-24-22(25-28-21)18-10-12-19(27-2)13-11-18/h3-7,10-13,16H,8-9,14-15H2,1-2H3,(H,23,26)/t16-/m1/s1. The summed E-state index contributed by atoms with van der Waals surface area (Å²) >= 11 is 0. The summed E-state index contributed by atoms with van der Waals surface area (Å²) in [5, 5.41) is 7.01. The number of aromatic nitrogens is 2. The average molecular weight is 379 g/mol. The lowest BCUT2D eigenvalue weighted by Crippen LogP contribution is -2.33. The minimum atomic E-state index is -0.00948. The summed E-state index contributed by atoms with van der Waals surface area (Å²) in [4.78, 5) is 16.5. The Labute approximate surface area is 164 Å². The van der Waals surface area contributed by atoms with E-state index in [-0.39, 0.29) is 11.9 Å². The number of nitrogens with one attached hydrogen (secondary N) is 1. The predicted octanol–water partition coefficient (Wildman–Crippen LogP) is 3.82. The molecule has 0 bridgehead atoms. The van der Waals surface area contributed by atoms with Crippen LogP contribution in [0.4, 0.5) is 0 Å². The zero-order valence-corrected chi connectivity index (χ0v) is 16.2. The van der Waals surface area contributed by atoms with Gasteiger partial charge in [0.2, 0.25) is 17.6 Å². The van der Waals surface area contributed by atoms with E-state index < -0.39 is 0 Å². The fourth-order valence-corrected chi connectivity index (χ4v) is 2.88. The number of carbonyl (C=O) groups is 1. The Kier molecular flexibility index (Phi) is 6.78. The van der Waals surface area contributed by atoms with Gasteiger partial charge in [-0.05, 0) is 49.6 Å². The number of hydrogen-bond acceptors (Lipinski definition) is 5. The van der Waals surface area contributed by atoms with E-state index in [1.807, 2.05) is 49.4 Å². The SMILES string of the molecule is COc1ccc(-c2noc(CCC(=O)N[C@H](C)CCc3ccccc3)n2)cc1. The van der Waals surface area contributed by atoms with Crippen molar-refractivity contribution in [2.45, 2.75) is 38.6 Å². The van der Waals surface area contributed by atoms with Crippen LogP contribution in [0.2, 0.25) is 0 Å². The molecular formula is C22H25N3O3. The highest BCUT2D eigenvalue weighted by Gasteiger charge is 2.12. The third-order valence-electron chi connectivity index (χ3n) is 4.50. The van der Waals surface area contributed by atoms with Crippen molar-refractivity contribution in [3.63, 3.8) is 0 Å². The molecule has 146 valence electrons. The molecule has 0 aliphatic rings. The summed E-state index contributed by atoms with van der Waals surface area (Å²) in [6.45, 7) is 2.02. The maximum atomic E-state index is 12.2. The lowest BCUT2D eigenvalue weighted by Gasteiger charge is -2.13. The van der Waals surface area contributed by atoms with Crippen LogP contribution in [0.15, 0.2) is 59.1 Å². The highest BCUT2D eigenvalue weighted by Crippen LogP contribution is 2.20. The molecule has 0 aliphatic carbocycles. The molecule has 1 heterocycles. The van der Waals surface area contributed by atoms with Gasteiger partial charge in [-0.15, -0.1) is 0 Å². The van der Waals surface area contributed by atoms with E-state index in [1.54, 1.807) is 7.11 Å². The van der Waals surface area contributed by atoms with Crippen LogP contribution >= 0.6 is 0 Å². The smallest absolute Gasteiger partial charge is 0.227 e. The Bertz CT molecular complexity index is 876. The number of amides is 1. The fourth-order valence-electron chi connectivity index (χ4n) is 2.88. The number of ether oxygens (including phenoxy) is 1. The van der Waals surface area contributed by atoms with Gasteiger partial charge in [0.05, 0.1) is 7.11 Å². The first-order valence-corrected chi connectivity index (χ1v) is 9.44. The number of benzene rings is 2. The highest BCUT2D eigenvalue weighted by atomic mass is 16.5. The molecule has 0 saturated heterocycles. The Balaban J connectivity index is 1.43. The second-order valence-corrected chi connectivity index (χ2v) is 6.73. The monoisotopic (exact) mass is 379 g/mol. The van der Waals surface area contributed by atoms with Crippen LogP contribution in [0.3, 0.4) is 0 Å². The van der Waals surface area contributed by atoms with Gasteiger partial charge in [-0.1, -0.05) is 35.5 Å². The average Bonchev–Trinajstić information content (AvgIpc) is 3.21. The summed E-state index contributed by atoms with van der Waals surface area (Å²) in [5.74, 6) is 1.72. The van der Waals surface area contributed by atoms with E-state index in [2.05, 4.69) is 27.6 Å². The summed E-state index contributed by atoms with van der Waals surface area (Å²) in [6, 6.07) is 17.8. The molecule has 28 heavy (non-hydrogen) atoms. The van der Waals surface area contributed by atoms with Crippen molar-refractivity contribution in [1.82, 2.24) is 15.5 Å². The van der Waals surface area contributed by atoms with Crippen LogP contribution in [0.25, 0.3) is 11.4 Å². The normalized spacial score (nSPS) is 11.8. The minimum Gasteiger partial charge on any atom is -0.497 e. The van der Waals surface area contributed by atoms with Crippen molar-refractivity contribution in [2.24, 2.45) is 0 Å². The number of methoxy groups -OCH3 is 1. The van der Waals surface area contributed by atoms with Crippen molar-refractivity contribution in [3.05, 3.63) is 66.1 Å². The molecule has 1 amide bonds. The van der Waals surface area contributed by atoms with Gasteiger partial charge in [-0.25, -0.2) is 0 Å². The Morgan fingerprint density at radius 3 is 2.57 bits per heavy atom. The molecular weight excluding hydrogens is 354 g/mol. The van der Waals surface area contributed by atoms with E-state index in [9.17, 15) is 4.79 Å². The van der Waals surface area contributed by atoms with Crippen molar-refractivity contribution >= 4 is 5.91 Å². The Hall–Kier alpha value is -3.15. The van der Waals surface area contributed by atoms with Gasteiger partial charge in [0, 0.05) is 24.4 Å². The van der Waals surface area contributed by atoms with Crippen LogP contribution < -0.4 is 10.1 Å². The van der Waals surface area contributed by atoms with E-state index in [0.717, 1.165) is 24.2 Å². The van der Waals surface area contributed by atoms with Gasteiger partial charge in [0.1, 0.15) is 5.75 Å². The number of rotatable bonds is 9. The zero-order valence-electron chi connectivity index (χ0n) is 16.2. The molecule has 1 N–H and O–H groups in total. The first-order chi connectivity index (χ1) is 13.6. The largest absolute Gasteiger partial charge is 0.497 e. The van der Waals surface area contributed by atoms with Gasteiger partial charge in [-0.2, -0.15) is 4.98 Å². The minimum absolute atomic E-state index is 0.00948.